The third-order valence-corrected chi connectivity index (χ3v) is 6.02. The normalized spacial score (nSPS) is 19.2. The Kier molecular flexibility index (Phi) is 3.53. The van der Waals surface area contributed by atoms with E-state index in [2.05, 4.69) is 15.9 Å². The lowest BCUT2D eigenvalue weighted by molar-refractivity contribution is 0.320. The van der Waals surface area contributed by atoms with E-state index in [1.165, 1.54) is 19.3 Å². The van der Waals surface area contributed by atoms with Gasteiger partial charge in [-0.05, 0) is 32.9 Å². The molecule has 2 heterocycles. The van der Waals surface area contributed by atoms with Crippen molar-refractivity contribution >= 4 is 34.5 Å². The molecular formula is C14H21ClN4S. The van der Waals surface area contributed by atoms with E-state index in [4.69, 9.17) is 16.6 Å². The monoisotopic (exact) mass is 312 g/mol. The van der Waals surface area contributed by atoms with E-state index in [0.29, 0.717) is 4.75 Å². The summed E-state index contributed by atoms with van der Waals surface area (Å²) in [6.07, 6.45) is 6.10. The van der Waals surface area contributed by atoms with Gasteiger partial charge in [0.05, 0.1) is 11.1 Å². The largest absolute Gasteiger partial charge is 0.310 e. The van der Waals surface area contributed by atoms with E-state index < -0.39 is 0 Å². The van der Waals surface area contributed by atoms with Crippen molar-refractivity contribution in [2.75, 3.05) is 6.26 Å². The fourth-order valence-electron chi connectivity index (χ4n) is 3.10. The zero-order chi connectivity index (χ0) is 14.5. The zero-order valence-electron chi connectivity index (χ0n) is 12.5. The van der Waals surface area contributed by atoms with Gasteiger partial charge in [0.25, 0.3) is 0 Å². The Morgan fingerprint density at radius 3 is 2.65 bits per heavy atom. The SMILES string of the molecule is CSC1(Cn2c(C(C)Cl)nc3c(C)nn(C)c32)CCC1. The maximum atomic E-state index is 6.35. The highest BCUT2D eigenvalue weighted by Gasteiger charge is 2.38. The zero-order valence-corrected chi connectivity index (χ0v) is 14.1. The number of imidazole rings is 1. The quantitative estimate of drug-likeness (QED) is 0.808. The third-order valence-electron chi connectivity index (χ3n) is 4.42. The van der Waals surface area contributed by atoms with Gasteiger partial charge < -0.3 is 4.57 Å². The molecule has 4 nitrogen and oxygen atoms in total. The first-order valence-corrected chi connectivity index (χ1v) is 8.72. The molecule has 110 valence electrons. The summed E-state index contributed by atoms with van der Waals surface area (Å²) in [5.74, 6) is 0.970. The van der Waals surface area contributed by atoms with Gasteiger partial charge in [-0.15, -0.1) is 11.6 Å². The van der Waals surface area contributed by atoms with Crippen LogP contribution < -0.4 is 0 Å². The molecule has 1 unspecified atom stereocenters. The molecule has 20 heavy (non-hydrogen) atoms. The molecule has 0 N–H and O–H groups in total. The van der Waals surface area contributed by atoms with Crippen LogP contribution in [-0.2, 0) is 13.6 Å². The Bertz CT molecular complexity index is 634. The molecule has 0 aliphatic heterocycles. The number of halogens is 1. The van der Waals surface area contributed by atoms with Crippen LogP contribution in [-0.4, -0.2) is 30.3 Å². The van der Waals surface area contributed by atoms with E-state index >= 15 is 0 Å². The average Bonchev–Trinajstić information content (AvgIpc) is 2.84. The summed E-state index contributed by atoms with van der Waals surface area (Å²) in [6, 6.07) is 0. The summed E-state index contributed by atoms with van der Waals surface area (Å²) in [7, 11) is 1.99. The molecule has 1 aliphatic rings. The van der Waals surface area contributed by atoms with Gasteiger partial charge in [0.1, 0.15) is 11.3 Å². The van der Waals surface area contributed by atoms with Crippen molar-refractivity contribution in [1.82, 2.24) is 19.3 Å². The van der Waals surface area contributed by atoms with Gasteiger partial charge in [-0.2, -0.15) is 16.9 Å². The topological polar surface area (TPSA) is 35.6 Å². The van der Waals surface area contributed by atoms with Crippen molar-refractivity contribution in [2.24, 2.45) is 7.05 Å². The van der Waals surface area contributed by atoms with Gasteiger partial charge in [-0.1, -0.05) is 6.42 Å². The van der Waals surface area contributed by atoms with Crippen molar-refractivity contribution in [3.8, 4) is 0 Å². The molecule has 0 aromatic carbocycles. The van der Waals surface area contributed by atoms with Crippen LogP contribution in [0.25, 0.3) is 11.2 Å². The molecule has 1 atom stereocenters. The highest BCUT2D eigenvalue weighted by molar-refractivity contribution is 8.00. The highest BCUT2D eigenvalue weighted by Crippen LogP contribution is 2.45. The van der Waals surface area contributed by atoms with Crippen molar-refractivity contribution < 1.29 is 0 Å². The number of thioether (sulfide) groups is 1. The van der Waals surface area contributed by atoms with Gasteiger partial charge in [0.2, 0.25) is 0 Å². The number of hydrogen-bond acceptors (Lipinski definition) is 3. The van der Waals surface area contributed by atoms with Gasteiger partial charge in [-0.3, -0.25) is 4.68 Å². The summed E-state index contributed by atoms with van der Waals surface area (Å²) in [4.78, 5) is 4.75. The molecular weight excluding hydrogens is 292 g/mol. The molecule has 1 saturated carbocycles. The lowest BCUT2D eigenvalue weighted by Crippen LogP contribution is -2.38. The molecule has 6 heteroatoms. The first-order chi connectivity index (χ1) is 9.47. The molecule has 0 bridgehead atoms. The first-order valence-electron chi connectivity index (χ1n) is 7.06. The maximum Gasteiger partial charge on any atom is 0.158 e. The number of nitrogens with zero attached hydrogens (tertiary/aromatic N) is 4. The third kappa shape index (κ3) is 2.06. The smallest absolute Gasteiger partial charge is 0.158 e. The van der Waals surface area contributed by atoms with E-state index in [-0.39, 0.29) is 5.38 Å². The van der Waals surface area contributed by atoms with E-state index in [9.17, 15) is 0 Å². The number of fused-ring (bicyclic) bond motifs is 1. The Labute approximate surface area is 128 Å². The molecule has 0 radical (unpaired) electrons. The summed E-state index contributed by atoms with van der Waals surface area (Å²) >= 11 is 8.33. The number of aromatic nitrogens is 4. The van der Waals surface area contributed by atoms with Gasteiger partial charge >= 0.3 is 0 Å². The van der Waals surface area contributed by atoms with Gasteiger partial charge in [0, 0.05) is 18.3 Å². The summed E-state index contributed by atoms with van der Waals surface area (Å²) in [6.45, 7) is 4.99. The lowest BCUT2D eigenvalue weighted by atomic mass is 9.84. The lowest BCUT2D eigenvalue weighted by Gasteiger charge is -2.41. The Hall–Kier alpha value is -0.680. The van der Waals surface area contributed by atoms with Crippen LogP contribution in [0.1, 0.15) is 43.1 Å². The first kappa shape index (κ1) is 14.3. The van der Waals surface area contributed by atoms with Crippen LogP contribution >= 0.6 is 23.4 Å². The fourth-order valence-corrected chi connectivity index (χ4v) is 4.22. The molecule has 0 amide bonds. The number of aryl methyl sites for hydroxylation is 2. The molecule has 0 saturated heterocycles. The predicted molar refractivity (Wildman–Crippen MR) is 85.6 cm³/mol. The molecule has 0 spiro atoms. The minimum Gasteiger partial charge on any atom is -0.310 e. The predicted octanol–water partition coefficient (Wildman–Crippen LogP) is 3.66. The van der Waals surface area contributed by atoms with Gasteiger partial charge in [-0.25, -0.2) is 4.98 Å². The standard InChI is InChI=1S/C14H21ClN4S/c1-9(15)12-16-11-10(2)17-18(3)13(11)19(12)8-14(20-4)6-5-7-14/h9H,5-8H2,1-4H3. The van der Waals surface area contributed by atoms with Crippen molar-refractivity contribution in [3.05, 3.63) is 11.5 Å². The molecule has 2 aromatic rings. The van der Waals surface area contributed by atoms with Crippen molar-refractivity contribution in [1.29, 1.82) is 0 Å². The fraction of sp³-hybridized carbons (Fsp3) is 0.714. The second-order valence-corrected chi connectivity index (χ2v) is 7.72. The van der Waals surface area contributed by atoms with Crippen LogP contribution in [0.4, 0.5) is 0 Å². The maximum absolute atomic E-state index is 6.35. The van der Waals surface area contributed by atoms with Crippen LogP contribution in [0.3, 0.4) is 0 Å². The Morgan fingerprint density at radius 2 is 2.15 bits per heavy atom. The molecule has 1 fully saturated rings. The summed E-state index contributed by atoms with van der Waals surface area (Å²) in [5.41, 5.74) is 3.07. The number of rotatable bonds is 4. The van der Waals surface area contributed by atoms with E-state index in [1.54, 1.807) is 0 Å². The van der Waals surface area contributed by atoms with Crippen molar-refractivity contribution in [2.45, 2.75) is 49.8 Å². The Balaban J connectivity index is 2.13. The second-order valence-electron chi connectivity index (χ2n) is 5.79. The Morgan fingerprint density at radius 1 is 1.45 bits per heavy atom. The minimum absolute atomic E-state index is 0.0826. The highest BCUT2D eigenvalue weighted by atomic mass is 35.5. The number of hydrogen-bond donors (Lipinski definition) is 0. The molecule has 1 aliphatic carbocycles. The number of alkyl halides is 1. The minimum atomic E-state index is -0.0826. The average molecular weight is 313 g/mol. The van der Waals surface area contributed by atoms with E-state index in [1.807, 2.05) is 37.3 Å². The van der Waals surface area contributed by atoms with Gasteiger partial charge in [0.15, 0.2) is 5.65 Å². The molecule has 3 rings (SSSR count). The second kappa shape index (κ2) is 4.95. The summed E-state index contributed by atoms with van der Waals surface area (Å²) in [5, 5.41) is 4.41. The van der Waals surface area contributed by atoms with E-state index in [0.717, 1.165) is 29.2 Å². The molecule has 2 aromatic heterocycles. The van der Waals surface area contributed by atoms with Crippen LogP contribution in [0, 0.1) is 6.92 Å². The van der Waals surface area contributed by atoms with Crippen LogP contribution in [0.15, 0.2) is 0 Å². The van der Waals surface area contributed by atoms with Crippen LogP contribution in [0.5, 0.6) is 0 Å². The van der Waals surface area contributed by atoms with Crippen molar-refractivity contribution in [3.63, 3.8) is 0 Å². The summed E-state index contributed by atoms with van der Waals surface area (Å²) < 4.78 is 4.59. The van der Waals surface area contributed by atoms with Crippen LogP contribution in [0.2, 0.25) is 0 Å².